The predicted molar refractivity (Wildman–Crippen MR) is 140 cm³/mol. The van der Waals surface area contributed by atoms with Gasteiger partial charge in [0.2, 0.25) is 0 Å². The second kappa shape index (κ2) is 11.5. The lowest BCUT2D eigenvalue weighted by atomic mass is 9.94. The van der Waals surface area contributed by atoms with Gasteiger partial charge in [-0.15, -0.1) is 0 Å². The van der Waals surface area contributed by atoms with E-state index in [1.807, 2.05) is 32.0 Å². The highest BCUT2D eigenvalue weighted by Gasteiger charge is 2.46. The number of carbonyl (C=O) groups is 2. The van der Waals surface area contributed by atoms with E-state index in [9.17, 15) is 14.7 Å². The molecule has 1 saturated heterocycles. The molecule has 1 aliphatic rings. The standard InChI is InChI=1S/C27H32Cl2N2O4/c1-16(2)15-35-19-8-9-20(17(3)13-19)25(32)23-24(18-7-10-21(28)22(29)14-18)31(27(34)26(23)33)12-6-11-30(4)5/h7-10,13-14,16,24,32H,6,11-12,15H2,1-5H3/t24-/m0/s1. The Morgan fingerprint density at radius 2 is 1.83 bits per heavy atom. The summed E-state index contributed by atoms with van der Waals surface area (Å²) in [6, 6.07) is 9.51. The number of ether oxygens (including phenoxy) is 1. The number of nitrogens with zero attached hydrogens (tertiary/aromatic N) is 2. The Labute approximate surface area is 217 Å². The van der Waals surface area contributed by atoms with Crippen LogP contribution in [0.15, 0.2) is 42.0 Å². The zero-order valence-corrected chi connectivity index (χ0v) is 22.3. The summed E-state index contributed by atoms with van der Waals surface area (Å²) in [5.41, 5.74) is 1.85. The molecule has 1 atom stereocenters. The number of aryl methyl sites for hydroxylation is 1. The van der Waals surface area contributed by atoms with Gasteiger partial charge in [-0.25, -0.2) is 0 Å². The van der Waals surface area contributed by atoms with Crippen LogP contribution in [0.1, 0.15) is 43.0 Å². The summed E-state index contributed by atoms with van der Waals surface area (Å²) < 4.78 is 5.78. The number of aliphatic hydroxyl groups is 1. The number of Topliss-reactive ketones (excluding diaryl/α,β-unsaturated/α-hetero) is 1. The Morgan fingerprint density at radius 1 is 1.11 bits per heavy atom. The van der Waals surface area contributed by atoms with Crippen LogP contribution in [0.3, 0.4) is 0 Å². The molecular formula is C27H32Cl2N2O4. The molecule has 0 aromatic heterocycles. The Hall–Kier alpha value is -2.54. The molecule has 1 heterocycles. The van der Waals surface area contributed by atoms with Crippen LogP contribution in [0.2, 0.25) is 10.0 Å². The fourth-order valence-electron chi connectivity index (χ4n) is 4.10. The molecule has 0 saturated carbocycles. The maximum atomic E-state index is 13.2. The number of likely N-dealkylation sites (tertiary alicyclic amines) is 1. The van der Waals surface area contributed by atoms with Crippen LogP contribution >= 0.6 is 23.2 Å². The monoisotopic (exact) mass is 518 g/mol. The molecule has 35 heavy (non-hydrogen) atoms. The van der Waals surface area contributed by atoms with Crippen LogP contribution in [0, 0.1) is 12.8 Å². The van der Waals surface area contributed by atoms with Gasteiger partial charge in [0, 0.05) is 12.1 Å². The molecule has 2 aromatic carbocycles. The molecule has 1 amide bonds. The second-order valence-electron chi connectivity index (χ2n) is 9.50. The van der Waals surface area contributed by atoms with Crippen LogP contribution in [0.4, 0.5) is 0 Å². The van der Waals surface area contributed by atoms with Crippen molar-refractivity contribution < 1.29 is 19.4 Å². The highest BCUT2D eigenvalue weighted by molar-refractivity contribution is 6.47. The molecule has 0 aliphatic carbocycles. The minimum Gasteiger partial charge on any atom is -0.507 e. The van der Waals surface area contributed by atoms with Crippen molar-refractivity contribution in [3.63, 3.8) is 0 Å². The molecule has 188 valence electrons. The number of aliphatic hydroxyl groups excluding tert-OH is 1. The first-order valence-corrected chi connectivity index (χ1v) is 12.4. The van der Waals surface area contributed by atoms with Crippen LogP contribution in [-0.4, -0.2) is 60.4 Å². The topological polar surface area (TPSA) is 70.1 Å². The minimum absolute atomic E-state index is 0.0391. The molecule has 1 N–H and O–H groups in total. The van der Waals surface area contributed by atoms with Gasteiger partial charge < -0.3 is 19.6 Å². The van der Waals surface area contributed by atoms with Gasteiger partial charge in [-0.2, -0.15) is 0 Å². The molecule has 1 aliphatic heterocycles. The molecule has 0 spiro atoms. The number of amides is 1. The van der Waals surface area contributed by atoms with E-state index in [0.29, 0.717) is 52.4 Å². The largest absolute Gasteiger partial charge is 0.507 e. The van der Waals surface area contributed by atoms with E-state index < -0.39 is 17.7 Å². The number of hydrogen-bond acceptors (Lipinski definition) is 5. The Morgan fingerprint density at radius 3 is 2.43 bits per heavy atom. The average Bonchev–Trinajstić information content (AvgIpc) is 3.04. The van der Waals surface area contributed by atoms with Gasteiger partial charge in [-0.1, -0.05) is 43.1 Å². The van der Waals surface area contributed by atoms with Crippen molar-refractivity contribution >= 4 is 40.7 Å². The summed E-state index contributed by atoms with van der Waals surface area (Å²) in [6.07, 6.45) is 0.665. The summed E-state index contributed by atoms with van der Waals surface area (Å²) in [7, 11) is 3.89. The molecule has 6 nitrogen and oxygen atoms in total. The zero-order valence-electron chi connectivity index (χ0n) is 20.8. The predicted octanol–water partition coefficient (Wildman–Crippen LogP) is 5.71. The molecular weight excluding hydrogens is 487 g/mol. The van der Waals surface area contributed by atoms with Crippen molar-refractivity contribution in [2.24, 2.45) is 5.92 Å². The first-order chi connectivity index (χ1) is 16.5. The van der Waals surface area contributed by atoms with E-state index in [-0.39, 0.29) is 11.3 Å². The summed E-state index contributed by atoms with van der Waals surface area (Å²) in [4.78, 5) is 29.8. The Bertz CT molecular complexity index is 1140. The second-order valence-corrected chi connectivity index (χ2v) is 10.3. The molecule has 1 fully saturated rings. The number of ketones is 1. The smallest absolute Gasteiger partial charge is 0.295 e. The number of carbonyl (C=O) groups excluding carboxylic acids is 2. The van der Waals surface area contributed by atoms with E-state index in [1.54, 1.807) is 30.3 Å². The number of benzene rings is 2. The van der Waals surface area contributed by atoms with Crippen LogP contribution < -0.4 is 4.74 Å². The first-order valence-electron chi connectivity index (χ1n) is 11.6. The van der Waals surface area contributed by atoms with Crippen LogP contribution in [0.25, 0.3) is 5.76 Å². The van der Waals surface area contributed by atoms with E-state index in [4.69, 9.17) is 27.9 Å². The summed E-state index contributed by atoms with van der Waals surface area (Å²) >= 11 is 12.4. The normalized spacial score (nSPS) is 17.6. The third-order valence-electron chi connectivity index (χ3n) is 5.84. The van der Waals surface area contributed by atoms with Crippen LogP contribution in [-0.2, 0) is 9.59 Å². The maximum absolute atomic E-state index is 13.2. The summed E-state index contributed by atoms with van der Waals surface area (Å²) in [5.74, 6) is -0.530. The first kappa shape index (κ1) is 27.1. The fraction of sp³-hybridized carbons (Fsp3) is 0.407. The Kier molecular flexibility index (Phi) is 8.86. The lowest BCUT2D eigenvalue weighted by Gasteiger charge is -2.26. The van der Waals surface area contributed by atoms with Gasteiger partial charge in [0.1, 0.15) is 11.5 Å². The lowest BCUT2D eigenvalue weighted by molar-refractivity contribution is -0.139. The highest BCUT2D eigenvalue weighted by Crippen LogP contribution is 2.41. The zero-order chi connectivity index (χ0) is 25.9. The van der Waals surface area contributed by atoms with Crippen molar-refractivity contribution in [1.82, 2.24) is 9.80 Å². The molecule has 0 unspecified atom stereocenters. The van der Waals surface area contributed by atoms with Crippen molar-refractivity contribution in [2.75, 3.05) is 33.8 Å². The van der Waals surface area contributed by atoms with Gasteiger partial charge in [-0.3, -0.25) is 9.59 Å². The van der Waals surface area contributed by atoms with E-state index >= 15 is 0 Å². The van der Waals surface area contributed by atoms with Crippen molar-refractivity contribution in [2.45, 2.75) is 33.2 Å². The third kappa shape index (κ3) is 6.18. The van der Waals surface area contributed by atoms with E-state index in [1.165, 1.54) is 4.90 Å². The summed E-state index contributed by atoms with van der Waals surface area (Å²) in [6.45, 7) is 7.62. The summed E-state index contributed by atoms with van der Waals surface area (Å²) in [5, 5.41) is 12.0. The minimum atomic E-state index is -0.775. The van der Waals surface area contributed by atoms with Crippen molar-refractivity contribution in [1.29, 1.82) is 0 Å². The van der Waals surface area contributed by atoms with E-state index in [0.717, 1.165) is 12.1 Å². The molecule has 3 rings (SSSR count). The molecule has 0 bridgehead atoms. The molecule has 0 radical (unpaired) electrons. The number of halogens is 2. The van der Waals surface area contributed by atoms with Crippen LogP contribution in [0.5, 0.6) is 5.75 Å². The quantitative estimate of drug-likeness (QED) is 0.261. The number of hydrogen-bond donors (Lipinski definition) is 1. The molecule has 8 heteroatoms. The van der Waals surface area contributed by atoms with Gasteiger partial charge in [-0.05, 0) is 81.4 Å². The SMILES string of the molecule is Cc1cc(OCC(C)C)ccc1C(O)=C1C(=O)C(=O)N(CCCN(C)C)[C@H]1c1ccc(Cl)c(Cl)c1. The van der Waals surface area contributed by atoms with Gasteiger partial charge in [0.15, 0.2) is 0 Å². The molecule has 2 aromatic rings. The van der Waals surface area contributed by atoms with Gasteiger partial charge >= 0.3 is 0 Å². The van der Waals surface area contributed by atoms with Crippen molar-refractivity contribution in [3.05, 3.63) is 68.7 Å². The van der Waals surface area contributed by atoms with Gasteiger partial charge in [0.25, 0.3) is 11.7 Å². The van der Waals surface area contributed by atoms with Gasteiger partial charge in [0.05, 0.1) is 28.3 Å². The van der Waals surface area contributed by atoms with E-state index in [2.05, 4.69) is 13.8 Å². The fourth-order valence-corrected chi connectivity index (χ4v) is 4.40. The number of rotatable bonds is 9. The lowest BCUT2D eigenvalue weighted by Crippen LogP contribution is -2.32. The maximum Gasteiger partial charge on any atom is 0.295 e. The van der Waals surface area contributed by atoms with Crippen molar-refractivity contribution in [3.8, 4) is 5.75 Å². The Balaban J connectivity index is 2.08. The third-order valence-corrected chi connectivity index (χ3v) is 6.58. The average molecular weight is 519 g/mol. The highest BCUT2D eigenvalue weighted by atomic mass is 35.5.